The van der Waals surface area contributed by atoms with Crippen LogP contribution in [0.15, 0.2) is 18.2 Å². The van der Waals surface area contributed by atoms with Gasteiger partial charge in [0.2, 0.25) is 0 Å². The smallest absolute Gasteiger partial charge is 0.317 e. The zero-order valence-corrected chi connectivity index (χ0v) is 27.4. The molecule has 1 fully saturated rings. The summed E-state index contributed by atoms with van der Waals surface area (Å²) in [7, 11) is 0. The first-order chi connectivity index (χ1) is 20.7. The lowest BCUT2D eigenvalue weighted by molar-refractivity contribution is -0.140. The fourth-order valence-electron chi connectivity index (χ4n) is 4.89. The van der Waals surface area contributed by atoms with Crippen LogP contribution in [0.3, 0.4) is 0 Å². The van der Waals surface area contributed by atoms with E-state index in [1.807, 2.05) is 45.5 Å². The summed E-state index contributed by atoms with van der Waals surface area (Å²) in [6.45, 7) is 11.0. The van der Waals surface area contributed by atoms with E-state index in [1.54, 1.807) is 4.90 Å². The third-order valence-corrected chi connectivity index (χ3v) is 8.91. The van der Waals surface area contributed by atoms with Gasteiger partial charge in [0.15, 0.2) is 0 Å². The maximum atomic E-state index is 11.6. The molecule has 0 aliphatic carbocycles. The van der Waals surface area contributed by atoms with Crippen LogP contribution >= 0.6 is 23.5 Å². The van der Waals surface area contributed by atoms with E-state index in [9.17, 15) is 29.7 Å². The number of hydrogen-bond acceptors (Lipinski definition) is 11. The average Bonchev–Trinajstić information content (AvgIpc) is 2.94. The van der Waals surface area contributed by atoms with Crippen LogP contribution in [0.1, 0.15) is 25.2 Å². The molecule has 1 aromatic rings. The molecule has 2 heterocycles. The lowest BCUT2D eigenvalue weighted by atomic mass is 10.2. The lowest BCUT2D eigenvalue weighted by Crippen LogP contribution is -2.48. The molecular formula is C29H50N6O6S2. The number of carboxylic acid groups (broad SMARTS) is 3. The molecule has 3 N–H and O–H groups in total. The van der Waals surface area contributed by atoms with Gasteiger partial charge in [-0.3, -0.25) is 43.9 Å². The molecule has 1 aliphatic rings. The zero-order chi connectivity index (χ0) is 31.5. The maximum absolute atomic E-state index is 11.6. The molecule has 43 heavy (non-hydrogen) atoms. The third-order valence-electron chi connectivity index (χ3n) is 7.15. The van der Waals surface area contributed by atoms with Crippen LogP contribution in [-0.2, 0) is 27.5 Å². The van der Waals surface area contributed by atoms with Crippen LogP contribution in [0, 0.1) is 0 Å². The summed E-state index contributed by atoms with van der Waals surface area (Å²) in [6, 6.07) is 6.12. The summed E-state index contributed by atoms with van der Waals surface area (Å²) in [6.07, 6.45) is 0. The molecule has 14 heteroatoms. The van der Waals surface area contributed by atoms with Crippen molar-refractivity contribution in [2.45, 2.75) is 26.9 Å². The Morgan fingerprint density at radius 1 is 0.698 bits per heavy atom. The lowest BCUT2D eigenvalue weighted by Gasteiger charge is -2.33. The normalized spacial score (nSPS) is 17.0. The van der Waals surface area contributed by atoms with Crippen LogP contribution in [-0.4, -0.2) is 171 Å². The van der Waals surface area contributed by atoms with Crippen molar-refractivity contribution in [1.29, 1.82) is 0 Å². The highest BCUT2D eigenvalue weighted by molar-refractivity contribution is 7.99. The molecule has 0 unspecified atom stereocenters. The van der Waals surface area contributed by atoms with E-state index < -0.39 is 17.9 Å². The van der Waals surface area contributed by atoms with Crippen molar-refractivity contribution >= 4 is 41.4 Å². The largest absolute Gasteiger partial charge is 0.480 e. The SMILES string of the molecule is CCSCCN(CCSCC)Cc1cccc(CN2CCN(CC(=O)O)CCN(CC(=O)O)CCN(CC(=O)O)CC2)n1. The average molecular weight is 643 g/mol. The van der Waals surface area contributed by atoms with Gasteiger partial charge >= 0.3 is 17.9 Å². The van der Waals surface area contributed by atoms with Crippen molar-refractivity contribution in [3.05, 3.63) is 29.6 Å². The Kier molecular flexibility index (Phi) is 18.8. The fourth-order valence-corrected chi connectivity index (χ4v) is 6.25. The Bertz CT molecular complexity index is 935. The van der Waals surface area contributed by atoms with Crippen LogP contribution in [0.4, 0.5) is 0 Å². The minimum Gasteiger partial charge on any atom is -0.480 e. The first kappa shape index (κ1) is 37.2. The van der Waals surface area contributed by atoms with Crippen LogP contribution in [0.5, 0.6) is 0 Å². The summed E-state index contributed by atoms with van der Waals surface area (Å²) in [5, 5.41) is 28.3. The molecular weight excluding hydrogens is 592 g/mol. The van der Waals surface area contributed by atoms with E-state index in [2.05, 4.69) is 29.7 Å². The molecule has 0 radical (unpaired) electrons. The molecule has 0 spiro atoms. The Hall–Kier alpha value is -1.94. The number of nitrogens with zero attached hydrogens (tertiary/aromatic N) is 6. The van der Waals surface area contributed by atoms with Crippen LogP contribution < -0.4 is 0 Å². The van der Waals surface area contributed by atoms with E-state index in [4.69, 9.17) is 4.98 Å². The fraction of sp³-hybridized carbons (Fsp3) is 0.724. The standard InChI is InChI=1S/C29H50N6O6S2/c1-3-42-18-16-35(17-19-43-4-2)21-26-7-5-6-25(30-26)20-31-8-10-32(22-27(36)37)12-14-34(24-29(40)41)15-13-33(11-9-31)23-28(38)39/h5-7H,3-4,8-24H2,1-2H3,(H,36,37)(H,38,39)(H,40,41). The molecule has 2 rings (SSSR count). The molecule has 0 atom stereocenters. The number of aromatic nitrogens is 1. The highest BCUT2D eigenvalue weighted by atomic mass is 32.2. The summed E-state index contributed by atoms with van der Waals surface area (Å²) >= 11 is 3.89. The van der Waals surface area contributed by atoms with Crippen LogP contribution in [0.2, 0.25) is 0 Å². The molecule has 1 saturated heterocycles. The molecule has 0 bridgehead atoms. The number of hydrogen-bond donors (Lipinski definition) is 3. The van der Waals surface area contributed by atoms with Gasteiger partial charge in [-0.05, 0) is 23.6 Å². The zero-order valence-electron chi connectivity index (χ0n) is 25.7. The van der Waals surface area contributed by atoms with E-state index in [0.29, 0.717) is 58.9 Å². The number of carboxylic acids is 3. The highest BCUT2D eigenvalue weighted by Gasteiger charge is 2.20. The predicted molar refractivity (Wildman–Crippen MR) is 173 cm³/mol. The van der Waals surface area contributed by atoms with Gasteiger partial charge in [-0.2, -0.15) is 23.5 Å². The molecule has 0 aromatic carbocycles. The first-order valence-electron chi connectivity index (χ1n) is 15.1. The van der Waals surface area contributed by atoms with Gasteiger partial charge in [0, 0.05) is 90.0 Å². The quantitative estimate of drug-likeness (QED) is 0.199. The number of aliphatic carboxylic acids is 3. The summed E-state index contributed by atoms with van der Waals surface area (Å²) < 4.78 is 0. The van der Waals surface area contributed by atoms with Gasteiger partial charge in [-0.25, -0.2) is 0 Å². The van der Waals surface area contributed by atoms with Crippen molar-refractivity contribution in [2.24, 2.45) is 0 Å². The monoisotopic (exact) mass is 642 g/mol. The molecule has 0 amide bonds. The second-order valence-corrected chi connectivity index (χ2v) is 13.4. The molecule has 1 aliphatic heterocycles. The van der Waals surface area contributed by atoms with Gasteiger partial charge in [0.25, 0.3) is 0 Å². The molecule has 12 nitrogen and oxygen atoms in total. The van der Waals surface area contributed by atoms with E-state index in [-0.39, 0.29) is 19.6 Å². The van der Waals surface area contributed by atoms with Crippen molar-refractivity contribution in [1.82, 2.24) is 29.5 Å². The van der Waals surface area contributed by atoms with E-state index in [0.717, 1.165) is 54.0 Å². The predicted octanol–water partition coefficient (Wildman–Crippen LogP) is 1.37. The Labute approximate surface area is 264 Å². The van der Waals surface area contributed by atoms with Crippen LogP contribution in [0.25, 0.3) is 0 Å². The van der Waals surface area contributed by atoms with Crippen molar-refractivity contribution in [3.8, 4) is 0 Å². The maximum Gasteiger partial charge on any atom is 0.317 e. The molecule has 244 valence electrons. The van der Waals surface area contributed by atoms with Gasteiger partial charge in [-0.1, -0.05) is 19.9 Å². The molecule has 1 aromatic heterocycles. The summed E-state index contributed by atoms with van der Waals surface area (Å²) in [5.41, 5.74) is 1.95. The van der Waals surface area contributed by atoms with Gasteiger partial charge in [-0.15, -0.1) is 0 Å². The first-order valence-corrected chi connectivity index (χ1v) is 17.4. The number of carbonyl (C=O) groups is 3. The number of thioether (sulfide) groups is 2. The molecule has 0 saturated carbocycles. The van der Waals surface area contributed by atoms with E-state index >= 15 is 0 Å². The minimum atomic E-state index is -0.967. The van der Waals surface area contributed by atoms with Crippen molar-refractivity contribution < 1.29 is 29.7 Å². The Morgan fingerprint density at radius 3 is 1.49 bits per heavy atom. The summed E-state index contributed by atoms with van der Waals surface area (Å²) in [4.78, 5) is 49.6. The van der Waals surface area contributed by atoms with E-state index in [1.165, 1.54) is 0 Å². The van der Waals surface area contributed by atoms with Crippen molar-refractivity contribution in [3.63, 3.8) is 0 Å². The Balaban J connectivity index is 2.17. The van der Waals surface area contributed by atoms with Gasteiger partial charge < -0.3 is 15.3 Å². The van der Waals surface area contributed by atoms with Gasteiger partial charge in [0.05, 0.1) is 31.0 Å². The topological polar surface area (TPSA) is 141 Å². The second kappa shape index (κ2) is 21.7. The minimum absolute atomic E-state index is 0.129. The summed E-state index contributed by atoms with van der Waals surface area (Å²) in [5.74, 6) is 1.58. The Morgan fingerprint density at radius 2 is 1.09 bits per heavy atom. The second-order valence-electron chi connectivity index (χ2n) is 10.6. The highest BCUT2D eigenvalue weighted by Crippen LogP contribution is 2.11. The van der Waals surface area contributed by atoms with Crippen molar-refractivity contribution in [2.75, 3.05) is 108 Å². The number of pyridine rings is 1. The van der Waals surface area contributed by atoms with Gasteiger partial charge in [0.1, 0.15) is 0 Å². The third kappa shape index (κ3) is 17.2. The number of rotatable bonds is 18.